The van der Waals surface area contributed by atoms with Gasteiger partial charge in [0.25, 0.3) is 0 Å². The fraction of sp³-hybridized carbons (Fsp3) is 0. The van der Waals surface area contributed by atoms with Crippen LogP contribution in [0.1, 0.15) is 0 Å². The quantitative estimate of drug-likeness (QED) is 0.458. The molecule has 0 N–H and O–H groups in total. The topological polar surface area (TPSA) is 26.9 Å². The van der Waals surface area contributed by atoms with Crippen molar-refractivity contribution in [2.75, 3.05) is 0 Å². The van der Waals surface area contributed by atoms with Gasteiger partial charge in [0.05, 0.1) is 5.39 Å². The lowest BCUT2D eigenvalue weighted by Crippen LogP contribution is -2.28. The minimum absolute atomic E-state index is 0.712. The van der Waals surface area contributed by atoms with E-state index in [9.17, 15) is 5.21 Å². The van der Waals surface area contributed by atoms with Crippen molar-refractivity contribution >= 4 is 10.8 Å². The van der Waals surface area contributed by atoms with Crippen molar-refractivity contribution in [2.24, 2.45) is 0 Å². The van der Waals surface area contributed by atoms with E-state index in [1.165, 1.54) is 0 Å². The first kappa shape index (κ1) is 9.85. The van der Waals surface area contributed by atoms with Gasteiger partial charge in [-0.1, -0.05) is 36.4 Å². The second kappa shape index (κ2) is 3.91. The molecule has 1 heterocycles. The van der Waals surface area contributed by atoms with E-state index in [1.807, 2.05) is 60.7 Å². The molecule has 0 fully saturated rings. The van der Waals surface area contributed by atoms with Crippen LogP contribution in [0.15, 0.2) is 66.9 Å². The number of hydrogen-bond donors (Lipinski definition) is 0. The summed E-state index contributed by atoms with van der Waals surface area (Å²) in [7, 11) is 0. The lowest BCUT2D eigenvalue weighted by atomic mass is 10.0. The van der Waals surface area contributed by atoms with E-state index in [1.54, 1.807) is 6.20 Å². The summed E-state index contributed by atoms with van der Waals surface area (Å²) in [5.74, 6) is 0. The number of rotatable bonds is 1. The maximum Gasteiger partial charge on any atom is 0.231 e. The first-order valence-corrected chi connectivity index (χ1v) is 5.52. The molecule has 0 atom stereocenters. The molecule has 0 radical (unpaired) electrons. The first-order chi connectivity index (χ1) is 8.36. The van der Waals surface area contributed by atoms with Crippen LogP contribution >= 0.6 is 0 Å². The van der Waals surface area contributed by atoms with E-state index < -0.39 is 0 Å². The Kier molecular flexibility index (Phi) is 2.26. The van der Waals surface area contributed by atoms with Gasteiger partial charge in [-0.2, -0.15) is 4.73 Å². The van der Waals surface area contributed by atoms with E-state index >= 15 is 0 Å². The third-order valence-corrected chi connectivity index (χ3v) is 2.87. The maximum atomic E-state index is 12.0. The zero-order valence-corrected chi connectivity index (χ0v) is 9.21. The van der Waals surface area contributed by atoms with Gasteiger partial charge in [-0.25, -0.2) is 0 Å². The Balaban J connectivity index is 2.39. The minimum atomic E-state index is 0.712. The van der Waals surface area contributed by atoms with Crippen LogP contribution in [0.4, 0.5) is 0 Å². The van der Waals surface area contributed by atoms with Gasteiger partial charge < -0.3 is 5.21 Å². The van der Waals surface area contributed by atoms with Crippen LogP contribution in [-0.2, 0) is 0 Å². The Hall–Kier alpha value is -2.35. The molecule has 82 valence electrons. The van der Waals surface area contributed by atoms with E-state index in [2.05, 4.69) is 0 Å². The number of benzene rings is 2. The summed E-state index contributed by atoms with van der Waals surface area (Å²) in [5, 5.41) is 14.0. The van der Waals surface area contributed by atoms with Gasteiger partial charge in [0.1, 0.15) is 0 Å². The van der Waals surface area contributed by atoms with Gasteiger partial charge in [-0.3, -0.25) is 0 Å². The van der Waals surface area contributed by atoms with Gasteiger partial charge in [0.2, 0.25) is 5.69 Å². The van der Waals surface area contributed by atoms with Gasteiger partial charge in [0, 0.05) is 11.6 Å². The SMILES string of the molecule is [O-][n+]1ccc2ccccc2c1-c1ccccc1. The molecule has 0 saturated carbocycles. The summed E-state index contributed by atoms with van der Waals surface area (Å²) in [6.07, 6.45) is 1.56. The van der Waals surface area contributed by atoms with Crippen molar-refractivity contribution in [2.45, 2.75) is 0 Å². The molecule has 0 aliphatic rings. The lowest BCUT2D eigenvalue weighted by Gasteiger charge is -2.07. The molecule has 3 rings (SSSR count). The molecule has 2 heteroatoms. The van der Waals surface area contributed by atoms with Crippen molar-refractivity contribution in [1.82, 2.24) is 0 Å². The third-order valence-electron chi connectivity index (χ3n) is 2.87. The molecule has 0 aliphatic heterocycles. The molecule has 17 heavy (non-hydrogen) atoms. The van der Waals surface area contributed by atoms with Crippen molar-refractivity contribution < 1.29 is 4.73 Å². The third kappa shape index (κ3) is 1.64. The monoisotopic (exact) mass is 221 g/mol. The number of nitrogens with zero attached hydrogens (tertiary/aromatic N) is 1. The Morgan fingerprint density at radius 2 is 1.47 bits per heavy atom. The molecule has 0 saturated heterocycles. The molecule has 0 spiro atoms. The van der Waals surface area contributed by atoms with Crippen molar-refractivity contribution in [3.8, 4) is 11.3 Å². The highest BCUT2D eigenvalue weighted by atomic mass is 16.5. The minimum Gasteiger partial charge on any atom is -0.618 e. The van der Waals surface area contributed by atoms with Gasteiger partial charge in [-0.15, -0.1) is 0 Å². The highest BCUT2D eigenvalue weighted by Gasteiger charge is 2.12. The summed E-state index contributed by atoms with van der Waals surface area (Å²) in [5.41, 5.74) is 1.66. The fourth-order valence-electron chi connectivity index (χ4n) is 2.08. The summed E-state index contributed by atoms with van der Waals surface area (Å²) in [4.78, 5) is 0. The Bertz CT molecular complexity index is 662. The Labute approximate surface area is 99.3 Å². The van der Waals surface area contributed by atoms with Crippen molar-refractivity contribution in [3.63, 3.8) is 0 Å². The zero-order chi connectivity index (χ0) is 11.7. The van der Waals surface area contributed by atoms with E-state index in [4.69, 9.17) is 0 Å². The zero-order valence-electron chi connectivity index (χ0n) is 9.21. The number of aromatic nitrogens is 1. The van der Waals surface area contributed by atoms with Crippen LogP contribution in [0.25, 0.3) is 22.0 Å². The summed E-state index contributed by atoms with van der Waals surface area (Å²) in [6.45, 7) is 0. The Morgan fingerprint density at radius 3 is 2.29 bits per heavy atom. The number of pyridine rings is 1. The molecule has 0 amide bonds. The number of hydrogen-bond acceptors (Lipinski definition) is 1. The summed E-state index contributed by atoms with van der Waals surface area (Å²) < 4.78 is 0.928. The van der Waals surface area contributed by atoms with Crippen LogP contribution in [0.2, 0.25) is 0 Å². The standard InChI is InChI=1S/C15H11NO/c17-16-11-10-12-6-4-5-9-14(12)15(16)13-7-2-1-3-8-13/h1-11H. The average Bonchev–Trinajstić information content (AvgIpc) is 2.39. The molecular weight excluding hydrogens is 210 g/mol. The Morgan fingerprint density at radius 1 is 0.765 bits per heavy atom. The second-order valence-corrected chi connectivity index (χ2v) is 3.94. The summed E-state index contributed by atoms with van der Waals surface area (Å²) in [6, 6.07) is 19.5. The molecule has 0 bridgehead atoms. The van der Waals surface area contributed by atoms with Gasteiger partial charge in [-0.05, 0) is 23.6 Å². The molecule has 3 aromatic rings. The lowest BCUT2D eigenvalue weighted by molar-refractivity contribution is -0.592. The molecule has 0 unspecified atom stereocenters. The van der Waals surface area contributed by atoms with Crippen LogP contribution in [0, 0.1) is 5.21 Å². The largest absolute Gasteiger partial charge is 0.618 e. The van der Waals surface area contributed by atoms with Crippen molar-refractivity contribution in [3.05, 3.63) is 72.1 Å². The smallest absolute Gasteiger partial charge is 0.231 e. The van der Waals surface area contributed by atoms with Crippen LogP contribution < -0.4 is 4.73 Å². The maximum absolute atomic E-state index is 12.0. The molecule has 1 aromatic heterocycles. The molecule has 0 aliphatic carbocycles. The first-order valence-electron chi connectivity index (χ1n) is 5.52. The van der Waals surface area contributed by atoms with Crippen molar-refractivity contribution in [1.29, 1.82) is 0 Å². The predicted octanol–water partition coefficient (Wildman–Crippen LogP) is 3.14. The van der Waals surface area contributed by atoms with Gasteiger partial charge in [0.15, 0.2) is 6.20 Å². The van der Waals surface area contributed by atoms with E-state index in [0.717, 1.165) is 21.1 Å². The van der Waals surface area contributed by atoms with Crippen LogP contribution in [-0.4, -0.2) is 0 Å². The molecule has 2 aromatic carbocycles. The van der Waals surface area contributed by atoms with Crippen LogP contribution in [0.5, 0.6) is 0 Å². The highest BCUT2D eigenvalue weighted by molar-refractivity contribution is 5.92. The van der Waals surface area contributed by atoms with E-state index in [-0.39, 0.29) is 0 Å². The highest BCUT2D eigenvalue weighted by Crippen LogP contribution is 2.24. The molecule has 2 nitrogen and oxygen atoms in total. The second-order valence-electron chi connectivity index (χ2n) is 3.94. The molecular formula is C15H11NO. The van der Waals surface area contributed by atoms with Gasteiger partial charge >= 0.3 is 0 Å². The van der Waals surface area contributed by atoms with E-state index in [0.29, 0.717) is 5.69 Å². The normalized spacial score (nSPS) is 10.6. The number of fused-ring (bicyclic) bond motifs is 1. The summed E-state index contributed by atoms with van der Waals surface area (Å²) >= 11 is 0. The predicted molar refractivity (Wildman–Crippen MR) is 68.3 cm³/mol. The average molecular weight is 221 g/mol. The van der Waals surface area contributed by atoms with Crippen LogP contribution in [0.3, 0.4) is 0 Å². The fourth-order valence-corrected chi connectivity index (χ4v) is 2.08.